The summed E-state index contributed by atoms with van der Waals surface area (Å²) in [5.74, 6) is 1.05. The highest BCUT2D eigenvalue weighted by atomic mass is 79.9. The fraction of sp³-hybridized carbons (Fsp3) is 0.250. The van der Waals surface area contributed by atoms with Crippen LogP contribution >= 0.6 is 27.5 Å². The van der Waals surface area contributed by atoms with Crippen molar-refractivity contribution in [2.75, 3.05) is 6.61 Å². The van der Waals surface area contributed by atoms with Crippen LogP contribution in [0.15, 0.2) is 40.9 Å². The molecule has 4 heteroatoms. The summed E-state index contributed by atoms with van der Waals surface area (Å²) in [4.78, 5) is 0. The zero-order chi connectivity index (χ0) is 13.9. The van der Waals surface area contributed by atoms with E-state index in [-0.39, 0.29) is 0 Å². The van der Waals surface area contributed by atoms with Gasteiger partial charge >= 0.3 is 0 Å². The number of hydrogen-bond acceptors (Lipinski definition) is 2. The standard InChI is InChI=1S/C16H15BrClNO/c17-14-7-12-4-5-20-16(12)13(8-14)10-19-9-11-2-1-3-15(18)6-11/h1-3,6-8,19H,4-5,9-10H2. The van der Waals surface area contributed by atoms with Crippen molar-refractivity contribution in [3.8, 4) is 5.75 Å². The molecule has 2 aromatic carbocycles. The van der Waals surface area contributed by atoms with Gasteiger partial charge in [0.2, 0.25) is 0 Å². The number of fused-ring (bicyclic) bond motifs is 1. The van der Waals surface area contributed by atoms with E-state index in [1.807, 2.05) is 18.2 Å². The van der Waals surface area contributed by atoms with Gasteiger partial charge in [-0.2, -0.15) is 0 Å². The minimum atomic E-state index is 0.774. The van der Waals surface area contributed by atoms with Gasteiger partial charge in [-0.15, -0.1) is 0 Å². The molecular weight excluding hydrogens is 338 g/mol. The summed E-state index contributed by atoms with van der Waals surface area (Å²) in [6.45, 7) is 2.36. The third-order valence-corrected chi connectivity index (χ3v) is 4.05. The molecule has 0 saturated heterocycles. The minimum Gasteiger partial charge on any atom is -0.493 e. The Balaban J connectivity index is 1.67. The molecule has 104 valence electrons. The molecule has 0 amide bonds. The topological polar surface area (TPSA) is 21.3 Å². The summed E-state index contributed by atoms with van der Waals surface area (Å²) in [7, 11) is 0. The molecule has 2 nitrogen and oxygen atoms in total. The van der Waals surface area contributed by atoms with Crippen LogP contribution in [0.25, 0.3) is 0 Å². The highest BCUT2D eigenvalue weighted by Crippen LogP contribution is 2.32. The number of halogens is 2. The monoisotopic (exact) mass is 351 g/mol. The smallest absolute Gasteiger partial charge is 0.127 e. The second-order valence-electron chi connectivity index (χ2n) is 4.89. The van der Waals surface area contributed by atoms with E-state index >= 15 is 0 Å². The maximum atomic E-state index is 5.98. The number of ether oxygens (including phenoxy) is 1. The van der Waals surface area contributed by atoms with Gasteiger partial charge in [0.25, 0.3) is 0 Å². The molecule has 3 rings (SSSR count). The van der Waals surface area contributed by atoms with Gasteiger partial charge in [0.1, 0.15) is 5.75 Å². The molecule has 0 saturated carbocycles. The lowest BCUT2D eigenvalue weighted by atomic mass is 10.1. The number of rotatable bonds is 4. The van der Waals surface area contributed by atoms with E-state index in [9.17, 15) is 0 Å². The molecule has 0 bridgehead atoms. The summed E-state index contributed by atoms with van der Waals surface area (Å²) in [5, 5.41) is 4.22. The van der Waals surface area contributed by atoms with Crippen LogP contribution in [0, 0.1) is 0 Å². The van der Waals surface area contributed by atoms with Gasteiger partial charge in [-0.3, -0.25) is 0 Å². The van der Waals surface area contributed by atoms with Crippen LogP contribution in [0.5, 0.6) is 5.75 Å². The van der Waals surface area contributed by atoms with Crippen molar-refractivity contribution in [1.82, 2.24) is 5.32 Å². The zero-order valence-electron chi connectivity index (χ0n) is 11.0. The molecule has 1 aliphatic heterocycles. The Kier molecular flexibility index (Phi) is 4.29. The van der Waals surface area contributed by atoms with E-state index in [1.165, 1.54) is 16.7 Å². The van der Waals surface area contributed by atoms with Crippen LogP contribution in [0.4, 0.5) is 0 Å². The molecule has 1 aliphatic rings. The van der Waals surface area contributed by atoms with Crippen LogP contribution in [0.3, 0.4) is 0 Å². The second kappa shape index (κ2) is 6.17. The molecule has 0 unspecified atom stereocenters. The van der Waals surface area contributed by atoms with Gasteiger partial charge in [-0.05, 0) is 35.4 Å². The molecule has 0 aromatic heterocycles. The Bertz CT molecular complexity index is 630. The summed E-state index contributed by atoms with van der Waals surface area (Å²) < 4.78 is 6.84. The third-order valence-electron chi connectivity index (χ3n) is 3.36. The molecule has 2 aromatic rings. The maximum Gasteiger partial charge on any atom is 0.127 e. The maximum absolute atomic E-state index is 5.98. The minimum absolute atomic E-state index is 0.774. The molecule has 0 aliphatic carbocycles. The van der Waals surface area contributed by atoms with Crippen molar-refractivity contribution in [1.29, 1.82) is 0 Å². The molecule has 20 heavy (non-hydrogen) atoms. The van der Waals surface area contributed by atoms with Crippen LogP contribution in [0.2, 0.25) is 5.02 Å². The largest absolute Gasteiger partial charge is 0.493 e. The van der Waals surface area contributed by atoms with Gasteiger partial charge in [0.15, 0.2) is 0 Å². The lowest BCUT2D eigenvalue weighted by molar-refractivity contribution is 0.352. The van der Waals surface area contributed by atoms with Crippen LogP contribution < -0.4 is 10.1 Å². The van der Waals surface area contributed by atoms with E-state index in [4.69, 9.17) is 16.3 Å². The summed E-state index contributed by atoms with van der Waals surface area (Å²) in [6, 6.07) is 12.2. The molecule has 1 N–H and O–H groups in total. The number of hydrogen-bond donors (Lipinski definition) is 1. The van der Waals surface area contributed by atoms with Gasteiger partial charge in [0, 0.05) is 34.6 Å². The molecule has 0 radical (unpaired) electrons. The Labute approximate surface area is 132 Å². The van der Waals surface area contributed by atoms with E-state index in [0.29, 0.717) is 0 Å². The molecule has 1 heterocycles. The van der Waals surface area contributed by atoms with E-state index in [1.54, 1.807) is 0 Å². The normalized spacial score (nSPS) is 13.1. The highest BCUT2D eigenvalue weighted by molar-refractivity contribution is 9.10. The first-order valence-electron chi connectivity index (χ1n) is 6.61. The van der Waals surface area contributed by atoms with Crippen molar-refractivity contribution in [2.24, 2.45) is 0 Å². The lowest BCUT2D eigenvalue weighted by Gasteiger charge is -2.10. The predicted molar refractivity (Wildman–Crippen MR) is 85.3 cm³/mol. The Hall–Kier alpha value is -1.03. The molecule has 0 spiro atoms. The van der Waals surface area contributed by atoms with E-state index in [2.05, 4.69) is 39.4 Å². The van der Waals surface area contributed by atoms with Gasteiger partial charge in [-0.25, -0.2) is 0 Å². The lowest BCUT2D eigenvalue weighted by Crippen LogP contribution is -2.13. The van der Waals surface area contributed by atoms with Crippen molar-refractivity contribution in [2.45, 2.75) is 19.5 Å². The number of benzene rings is 2. The third kappa shape index (κ3) is 3.17. The molecular formula is C16H15BrClNO. The molecule has 0 fully saturated rings. The fourth-order valence-corrected chi connectivity index (χ4v) is 3.23. The average molecular weight is 353 g/mol. The van der Waals surface area contributed by atoms with Gasteiger partial charge < -0.3 is 10.1 Å². The first-order valence-corrected chi connectivity index (χ1v) is 7.79. The Morgan fingerprint density at radius 2 is 2.10 bits per heavy atom. The zero-order valence-corrected chi connectivity index (χ0v) is 13.3. The summed E-state index contributed by atoms with van der Waals surface area (Å²) in [6.07, 6.45) is 0.996. The average Bonchev–Trinajstić information content (AvgIpc) is 2.87. The Morgan fingerprint density at radius 3 is 2.95 bits per heavy atom. The van der Waals surface area contributed by atoms with Crippen LogP contribution in [-0.2, 0) is 19.5 Å². The number of nitrogens with one attached hydrogen (secondary N) is 1. The summed E-state index contributed by atoms with van der Waals surface area (Å²) >= 11 is 9.55. The fourth-order valence-electron chi connectivity index (χ4n) is 2.47. The van der Waals surface area contributed by atoms with Crippen molar-refractivity contribution < 1.29 is 4.74 Å². The van der Waals surface area contributed by atoms with Gasteiger partial charge in [0.05, 0.1) is 6.61 Å². The highest BCUT2D eigenvalue weighted by Gasteiger charge is 2.16. The van der Waals surface area contributed by atoms with Crippen LogP contribution in [-0.4, -0.2) is 6.61 Å². The van der Waals surface area contributed by atoms with Crippen molar-refractivity contribution in [3.05, 3.63) is 62.6 Å². The van der Waals surface area contributed by atoms with Crippen molar-refractivity contribution >= 4 is 27.5 Å². The van der Waals surface area contributed by atoms with Crippen LogP contribution in [0.1, 0.15) is 16.7 Å². The van der Waals surface area contributed by atoms with E-state index < -0.39 is 0 Å². The van der Waals surface area contributed by atoms with Crippen molar-refractivity contribution in [3.63, 3.8) is 0 Å². The van der Waals surface area contributed by atoms with E-state index in [0.717, 1.165) is 41.4 Å². The Morgan fingerprint density at radius 1 is 1.20 bits per heavy atom. The first-order chi connectivity index (χ1) is 9.72. The summed E-state index contributed by atoms with van der Waals surface area (Å²) in [5.41, 5.74) is 3.68. The molecule has 0 atom stereocenters. The SMILES string of the molecule is Clc1cccc(CNCc2cc(Br)cc3c2OCC3)c1. The van der Waals surface area contributed by atoms with Gasteiger partial charge in [-0.1, -0.05) is 39.7 Å². The second-order valence-corrected chi connectivity index (χ2v) is 6.24. The predicted octanol–water partition coefficient (Wildman–Crippen LogP) is 4.33. The quantitative estimate of drug-likeness (QED) is 0.884. The first kappa shape index (κ1) is 13.9.